The molecule has 3 nitrogen and oxygen atoms in total. The number of halogens is 1. The third kappa shape index (κ3) is 2.56. The minimum absolute atomic E-state index is 0.228. The van der Waals surface area contributed by atoms with Crippen molar-refractivity contribution in [3.63, 3.8) is 0 Å². The molecule has 1 aromatic carbocycles. The molecule has 0 aliphatic carbocycles. The number of benzene rings is 1. The molecule has 1 atom stereocenters. The van der Waals surface area contributed by atoms with Gasteiger partial charge in [0, 0.05) is 0 Å². The zero-order valence-electron chi connectivity index (χ0n) is 7.40. The van der Waals surface area contributed by atoms with Gasteiger partial charge in [-0.2, -0.15) is 5.26 Å². The molecule has 1 amide bonds. The highest BCUT2D eigenvalue weighted by Gasteiger charge is 2.14. The van der Waals surface area contributed by atoms with Gasteiger partial charge in [0.1, 0.15) is 11.7 Å². The number of rotatable bonds is 3. The van der Waals surface area contributed by atoms with E-state index in [4.69, 9.17) is 11.0 Å². The summed E-state index contributed by atoms with van der Waals surface area (Å²) in [6, 6.07) is 7.42. The van der Waals surface area contributed by atoms with Crippen LogP contribution in [-0.2, 0) is 11.2 Å². The van der Waals surface area contributed by atoms with E-state index in [0.717, 1.165) is 5.56 Å². The Hall–Kier alpha value is -1.89. The van der Waals surface area contributed by atoms with Gasteiger partial charge in [0.25, 0.3) is 0 Å². The van der Waals surface area contributed by atoms with Gasteiger partial charge in [-0.25, -0.2) is 4.39 Å². The summed E-state index contributed by atoms with van der Waals surface area (Å²) in [7, 11) is 0. The van der Waals surface area contributed by atoms with Gasteiger partial charge in [-0.3, -0.25) is 4.79 Å². The van der Waals surface area contributed by atoms with Crippen molar-refractivity contribution in [2.24, 2.45) is 11.7 Å². The standard InChI is InChI=1S/C10H9FN2O/c11-9-3-1-7(2-4-9)5-8(6-12)10(13)14/h1-4,8H,5H2,(H2,13,14). The Morgan fingerprint density at radius 2 is 2.07 bits per heavy atom. The Labute approximate surface area is 81.0 Å². The molecule has 14 heavy (non-hydrogen) atoms. The summed E-state index contributed by atoms with van der Waals surface area (Å²) >= 11 is 0. The Morgan fingerprint density at radius 3 is 2.50 bits per heavy atom. The van der Waals surface area contributed by atoms with Crippen LogP contribution in [0.2, 0.25) is 0 Å². The molecule has 4 heteroatoms. The van der Waals surface area contributed by atoms with Gasteiger partial charge in [0.05, 0.1) is 6.07 Å². The summed E-state index contributed by atoms with van der Waals surface area (Å²) in [6.45, 7) is 0. The highest BCUT2D eigenvalue weighted by Crippen LogP contribution is 2.09. The molecule has 0 aliphatic rings. The second kappa shape index (κ2) is 4.38. The number of hydrogen-bond donors (Lipinski definition) is 1. The molecule has 1 unspecified atom stereocenters. The quantitative estimate of drug-likeness (QED) is 0.776. The van der Waals surface area contributed by atoms with Crippen LogP contribution in [0.15, 0.2) is 24.3 Å². The average Bonchev–Trinajstić information content (AvgIpc) is 2.16. The minimum Gasteiger partial charge on any atom is -0.369 e. The van der Waals surface area contributed by atoms with Crippen molar-refractivity contribution in [1.29, 1.82) is 5.26 Å². The van der Waals surface area contributed by atoms with E-state index in [-0.39, 0.29) is 12.2 Å². The second-order valence-corrected chi connectivity index (χ2v) is 2.91. The number of nitrogens with two attached hydrogens (primary N) is 1. The van der Waals surface area contributed by atoms with E-state index in [1.54, 1.807) is 6.07 Å². The molecule has 0 spiro atoms. The molecule has 0 aromatic heterocycles. The topological polar surface area (TPSA) is 66.9 Å². The Bertz CT molecular complexity index is 367. The van der Waals surface area contributed by atoms with Gasteiger partial charge in [0.2, 0.25) is 5.91 Å². The van der Waals surface area contributed by atoms with Gasteiger partial charge < -0.3 is 5.73 Å². The summed E-state index contributed by atoms with van der Waals surface area (Å²) in [5.74, 6) is -1.85. The Balaban J connectivity index is 2.74. The molecule has 0 saturated carbocycles. The number of carbonyl (C=O) groups excluding carboxylic acids is 1. The van der Waals surface area contributed by atoms with Crippen molar-refractivity contribution in [2.45, 2.75) is 6.42 Å². The molecule has 0 bridgehead atoms. The van der Waals surface area contributed by atoms with Gasteiger partial charge in [0.15, 0.2) is 0 Å². The zero-order valence-corrected chi connectivity index (χ0v) is 7.40. The van der Waals surface area contributed by atoms with Crippen molar-refractivity contribution in [3.8, 4) is 6.07 Å². The summed E-state index contributed by atoms with van der Waals surface area (Å²) < 4.78 is 12.5. The third-order valence-electron chi connectivity index (χ3n) is 1.85. The fraction of sp³-hybridized carbons (Fsp3) is 0.200. The third-order valence-corrected chi connectivity index (χ3v) is 1.85. The number of hydrogen-bond acceptors (Lipinski definition) is 2. The van der Waals surface area contributed by atoms with E-state index in [1.165, 1.54) is 24.3 Å². The lowest BCUT2D eigenvalue weighted by atomic mass is 10.0. The number of primary amides is 1. The van der Waals surface area contributed by atoms with Gasteiger partial charge in [-0.1, -0.05) is 12.1 Å². The molecular weight excluding hydrogens is 183 g/mol. The molecule has 0 radical (unpaired) electrons. The zero-order chi connectivity index (χ0) is 10.6. The molecular formula is C10H9FN2O. The summed E-state index contributed by atoms with van der Waals surface area (Å²) in [4.78, 5) is 10.7. The van der Waals surface area contributed by atoms with Gasteiger partial charge in [-0.15, -0.1) is 0 Å². The lowest BCUT2D eigenvalue weighted by Crippen LogP contribution is -2.23. The molecule has 0 aliphatic heterocycles. The molecule has 0 heterocycles. The largest absolute Gasteiger partial charge is 0.369 e. The van der Waals surface area contributed by atoms with Crippen LogP contribution in [0, 0.1) is 23.1 Å². The van der Waals surface area contributed by atoms with Crippen LogP contribution >= 0.6 is 0 Å². The Morgan fingerprint density at radius 1 is 1.50 bits per heavy atom. The van der Waals surface area contributed by atoms with Gasteiger partial charge >= 0.3 is 0 Å². The van der Waals surface area contributed by atoms with E-state index in [2.05, 4.69) is 0 Å². The van der Waals surface area contributed by atoms with E-state index in [0.29, 0.717) is 0 Å². The first-order chi connectivity index (χ1) is 6.63. The lowest BCUT2D eigenvalue weighted by Gasteiger charge is -2.03. The van der Waals surface area contributed by atoms with Crippen LogP contribution in [0.1, 0.15) is 5.56 Å². The molecule has 72 valence electrons. The molecule has 2 N–H and O–H groups in total. The summed E-state index contributed by atoms with van der Waals surface area (Å²) in [6.07, 6.45) is 0.228. The lowest BCUT2D eigenvalue weighted by molar-refractivity contribution is -0.120. The fourth-order valence-corrected chi connectivity index (χ4v) is 1.07. The van der Waals surface area contributed by atoms with Crippen molar-refractivity contribution in [2.75, 3.05) is 0 Å². The van der Waals surface area contributed by atoms with E-state index in [1.807, 2.05) is 0 Å². The van der Waals surface area contributed by atoms with Crippen molar-refractivity contribution in [1.82, 2.24) is 0 Å². The van der Waals surface area contributed by atoms with Crippen molar-refractivity contribution < 1.29 is 9.18 Å². The van der Waals surface area contributed by atoms with Crippen molar-refractivity contribution >= 4 is 5.91 Å². The average molecular weight is 192 g/mol. The first-order valence-corrected chi connectivity index (χ1v) is 4.07. The van der Waals surface area contributed by atoms with Crippen LogP contribution in [0.25, 0.3) is 0 Å². The van der Waals surface area contributed by atoms with E-state index < -0.39 is 11.8 Å². The minimum atomic E-state index is -0.847. The maximum Gasteiger partial charge on any atom is 0.235 e. The maximum atomic E-state index is 12.5. The molecule has 1 aromatic rings. The second-order valence-electron chi connectivity index (χ2n) is 2.91. The highest BCUT2D eigenvalue weighted by atomic mass is 19.1. The van der Waals surface area contributed by atoms with E-state index >= 15 is 0 Å². The Kier molecular flexibility index (Phi) is 3.19. The first-order valence-electron chi connectivity index (χ1n) is 4.07. The molecule has 0 saturated heterocycles. The van der Waals surface area contributed by atoms with Crippen LogP contribution in [-0.4, -0.2) is 5.91 Å². The maximum absolute atomic E-state index is 12.5. The van der Waals surface area contributed by atoms with Crippen LogP contribution in [0.3, 0.4) is 0 Å². The smallest absolute Gasteiger partial charge is 0.235 e. The summed E-state index contributed by atoms with van der Waals surface area (Å²) in [5, 5.41) is 8.59. The molecule has 1 rings (SSSR count). The van der Waals surface area contributed by atoms with Crippen molar-refractivity contribution in [3.05, 3.63) is 35.6 Å². The number of nitriles is 1. The highest BCUT2D eigenvalue weighted by molar-refractivity contribution is 5.79. The number of amides is 1. The predicted molar refractivity (Wildman–Crippen MR) is 48.4 cm³/mol. The number of carbonyl (C=O) groups is 1. The fourth-order valence-electron chi connectivity index (χ4n) is 1.07. The first kappa shape index (κ1) is 10.2. The van der Waals surface area contributed by atoms with Crippen LogP contribution in [0.4, 0.5) is 4.39 Å². The van der Waals surface area contributed by atoms with E-state index in [9.17, 15) is 9.18 Å². The van der Waals surface area contributed by atoms with Crippen LogP contribution in [0.5, 0.6) is 0 Å². The normalized spacial score (nSPS) is 11.7. The monoisotopic (exact) mass is 192 g/mol. The number of nitrogens with zero attached hydrogens (tertiary/aromatic N) is 1. The summed E-state index contributed by atoms with van der Waals surface area (Å²) in [5.41, 5.74) is 5.71. The SMILES string of the molecule is N#CC(Cc1ccc(F)cc1)C(N)=O. The molecule has 0 fully saturated rings. The predicted octanol–water partition coefficient (Wildman–Crippen LogP) is 0.993. The van der Waals surface area contributed by atoms with Crippen LogP contribution < -0.4 is 5.73 Å². The van der Waals surface area contributed by atoms with Gasteiger partial charge in [-0.05, 0) is 24.1 Å².